The molecule has 3 aromatic rings. The molecule has 1 aliphatic heterocycles. The minimum atomic E-state index is -3.86. The first-order valence-electron chi connectivity index (χ1n) is 10.1. The summed E-state index contributed by atoms with van der Waals surface area (Å²) in [5.41, 5.74) is 4.19. The quantitative estimate of drug-likeness (QED) is 0.588. The maximum Gasteiger partial charge on any atom is 0.262 e. The molecule has 8 heteroatoms. The average molecular weight is 453 g/mol. The van der Waals surface area contributed by atoms with Gasteiger partial charge in [-0.2, -0.15) is 0 Å². The maximum atomic E-state index is 13.0. The Hall–Kier alpha value is -3.52. The van der Waals surface area contributed by atoms with Gasteiger partial charge in [0.2, 0.25) is 6.79 Å². The van der Waals surface area contributed by atoms with Gasteiger partial charge in [0.1, 0.15) is 0 Å². The summed E-state index contributed by atoms with van der Waals surface area (Å²) in [4.78, 5) is 12.8. The molecule has 166 valence electrons. The zero-order chi connectivity index (χ0) is 22.9. The fourth-order valence-electron chi connectivity index (χ4n) is 3.38. The van der Waals surface area contributed by atoms with Crippen molar-refractivity contribution >= 4 is 21.6 Å². The van der Waals surface area contributed by atoms with Crippen molar-refractivity contribution in [3.05, 3.63) is 82.4 Å². The Morgan fingerprint density at radius 3 is 2.41 bits per heavy atom. The predicted molar refractivity (Wildman–Crippen MR) is 122 cm³/mol. The number of benzene rings is 3. The number of carbonyl (C=O) groups excluding carboxylic acids is 1. The molecular weight excluding hydrogens is 428 g/mol. The highest BCUT2D eigenvalue weighted by Crippen LogP contribution is 2.32. The molecule has 3 aromatic carbocycles. The summed E-state index contributed by atoms with van der Waals surface area (Å²) < 4.78 is 39.3. The standard InChI is InChI=1S/C24H24N2O5S/c1-15-5-8-20(10-17(15)3)26-32(28,29)23-12-19(7-4-16(23)2)24(27)25-13-18-6-9-21-22(11-18)31-14-30-21/h4-12,26H,13-14H2,1-3H3,(H,25,27). The van der Waals surface area contributed by atoms with Crippen molar-refractivity contribution in [1.29, 1.82) is 0 Å². The van der Waals surface area contributed by atoms with E-state index in [0.29, 0.717) is 22.7 Å². The lowest BCUT2D eigenvalue weighted by Gasteiger charge is -2.13. The Morgan fingerprint density at radius 1 is 0.875 bits per heavy atom. The minimum Gasteiger partial charge on any atom is -0.454 e. The van der Waals surface area contributed by atoms with Crippen LogP contribution in [0.25, 0.3) is 0 Å². The summed E-state index contributed by atoms with van der Waals surface area (Å²) >= 11 is 0. The number of carbonyl (C=O) groups is 1. The molecule has 0 bridgehead atoms. The lowest BCUT2D eigenvalue weighted by atomic mass is 10.1. The molecule has 2 N–H and O–H groups in total. The number of hydrogen-bond donors (Lipinski definition) is 2. The normalized spacial score (nSPS) is 12.5. The van der Waals surface area contributed by atoms with Crippen molar-refractivity contribution in [3.8, 4) is 11.5 Å². The summed E-state index contributed by atoms with van der Waals surface area (Å²) in [5.74, 6) is 0.938. The van der Waals surface area contributed by atoms with Crippen LogP contribution in [-0.2, 0) is 16.6 Å². The van der Waals surface area contributed by atoms with Crippen LogP contribution < -0.4 is 19.5 Å². The van der Waals surface area contributed by atoms with E-state index < -0.39 is 10.0 Å². The lowest BCUT2D eigenvalue weighted by Crippen LogP contribution is -2.23. The largest absolute Gasteiger partial charge is 0.454 e. The molecule has 0 spiro atoms. The van der Waals surface area contributed by atoms with Crippen molar-refractivity contribution in [2.75, 3.05) is 11.5 Å². The molecule has 0 radical (unpaired) electrons. The van der Waals surface area contributed by atoms with Crippen molar-refractivity contribution in [1.82, 2.24) is 5.32 Å². The van der Waals surface area contributed by atoms with Crippen LogP contribution in [0.15, 0.2) is 59.5 Å². The van der Waals surface area contributed by atoms with Crippen LogP contribution in [0.3, 0.4) is 0 Å². The van der Waals surface area contributed by atoms with Crippen LogP contribution in [0.1, 0.15) is 32.6 Å². The Labute approximate surface area is 187 Å². The number of aryl methyl sites for hydroxylation is 3. The van der Waals surface area contributed by atoms with Gasteiger partial charge < -0.3 is 14.8 Å². The summed E-state index contributed by atoms with van der Waals surface area (Å²) in [6.07, 6.45) is 0. The molecule has 0 aromatic heterocycles. The maximum absolute atomic E-state index is 13.0. The fraction of sp³-hybridized carbons (Fsp3) is 0.208. The zero-order valence-corrected chi connectivity index (χ0v) is 18.9. The molecule has 32 heavy (non-hydrogen) atoms. The zero-order valence-electron chi connectivity index (χ0n) is 18.1. The minimum absolute atomic E-state index is 0.0615. The molecule has 0 fully saturated rings. The van der Waals surface area contributed by atoms with Crippen LogP contribution in [0.5, 0.6) is 11.5 Å². The van der Waals surface area contributed by atoms with Gasteiger partial charge in [0.25, 0.3) is 15.9 Å². The van der Waals surface area contributed by atoms with Crippen LogP contribution in [-0.4, -0.2) is 21.1 Å². The molecule has 1 aliphatic rings. The molecule has 0 unspecified atom stereocenters. The van der Waals surface area contributed by atoms with E-state index in [0.717, 1.165) is 16.7 Å². The lowest BCUT2D eigenvalue weighted by molar-refractivity contribution is 0.0950. The summed E-state index contributed by atoms with van der Waals surface area (Å²) in [7, 11) is -3.86. The van der Waals surface area contributed by atoms with E-state index in [1.54, 1.807) is 43.3 Å². The third-order valence-electron chi connectivity index (χ3n) is 5.39. The van der Waals surface area contributed by atoms with Crippen molar-refractivity contribution < 1.29 is 22.7 Å². The summed E-state index contributed by atoms with van der Waals surface area (Å²) in [5, 5.41) is 2.82. The topological polar surface area (TPSA) is 93.7 Å². The first kappa shape index (κ1) is 21.7. The second-order valence-electron chi connectivity index (χ2n) is 7.76. The second kappa shape index (κ2) is 8.55. The van der Waals surface area contributed by atoms with Crippen LogP contribution in [0.4, 0.5) is 5.69 Å². The van der Waals surface area contributed by atoms with Crippen LogP contribution >= 0.6 is 0 Å². The third-order valence-corrected chi connectivity index (χ3v) is 6.91. The van der Waals surface area contributed by atoms with Gasteiger partial charge in [0.05, 0.1) is 4.90 Å². The number of fused-ring (bicyclic) bond motifs is 1. The van der Waals surface area contributed by atoms with Gasteiger partial charge >= 0.3 is 0 Å². The molecule has 0 saturated carbocycles. The Bertz CT molecular complexity index is 1300. The van der Waals surface area contributed by atoms with E-state index in [-0.39, 0.29) is 29.7 Å². The Morgan fingerprint density at radius 2 is 1.62 bits per heavy atom. The highest BCUT2D eigenvalue weighted by molar-refractivity contribution is 7.92. The second-order valence-corrected chi connectivity index (χ2v) is 9.41. The highest BCUT2D eigenvalue weighted by Gasteiger charge is 2.20. The third kappa shape index (κ3) is 4.55. The van der Waals surface area contributed by atoms with Gasteiger partial charge in [-0.25, -0.2) is 8.42 Å². The molecular formula is C24H24N2O5S. The number of sulfonamides is 1. The van der Waals surface area contributed by atoms with Crippen molar-refractivity contribution in [3.63, 3.8) is 0 Å². The van der Waals surface area contributed by atoms with E-state index in [1.165, 1.54) is 6.07 Å². The van der Waals surface area contributed by atoms with Gasteiger partial charge in [-0.15, -0.1) is 0 Å². The molecule has 1 heterocycles. The number of hydrogen-bond acceptors (Lipinski definition) is 5. The molecule has 7 nitrogen and oxygen atoms in total. The first-order chi connectivity index (χ1) is 15.2. The summed E-state index contributed by atoms with van der Waals surface area (Å²) in [6.45, 7) is 6.03. The van der Waals surface area contributed by atoms with E-state index >= 15 is 0 Å². The van der Waals surface area contributed by atoms with Gasteiger partial charge in [-0.3, -0.25) is 9.52 Å². The summed E-state index contributed by atoms with van der Waals surface area (Å²) in [6, 6.07) is 15.4. The molecule has 4 rings (SSSR count). The van der Waals surface area contributed by atoms with Crippen molar-refractivity contribution in [2.45, 2.75) is 32.2 Å². The van der Waals surface area contributed by atoms with E-state index in [1.807, 2.05) is 26.0 Å². The number of anilines is 1. The van der Waals surface area contributed by atoms with E-state index in [9.17, 15) is 13.2 Å². The fourth-order valence-corrected chi connectivity index (χ4v) is 4.70. The Kier molecular flexibility index (Phi) is 5.80. The van der Waals surface area contributed by atoms with E-state index in [2.05, 4.69) is 10.0 Å². The number of amides is 1. The average Bonchev–Trinajstić information content (AvgIpc) is 3.22. The number of nitrogens with one attached hydrogen (secondary N) is 2. The predicted octanol–water partition coefficient (Wildman–Crippen LogP) is 4.07. The molecule has 0 atom stereocenters. The molecule has 0 aliphatic carbocycles. The molecule has 1 amide bonds. The van der Waals surface area contributed by atoms with Gasteiger partial charge in [0, 0.05) is 17.8 Å². The van der Waals surface area contributed by atoms with Gasteiger partial charge in [-0.05, 0) is 79.4 Å². The highest BCUT2D eigenvalue weighted by atomic mass is 32.2. The molecule has 0 saturated heterocycles. The van der Waals surface area contributed by atoms with Gasteiger partial charge in [-0.1, -0.05) is 18.2 Å². The van der Waals surface area contributed by atoms with Crippen molar-refractivity contribution in [2.24, 2.45) is 0 Å². The smallest absolute Gasteiger partial charge is 0.262 e. The van der Waals surface area contributed by atoms with Crippen LogP contribution in [0, 0.1) is 20.8 Å². The van der Waals surface area contributed by atoms with Gasteiger partial charge in [0.15, 0.2) is 11.5 Å². The first-order valence-corrected chi connectivity index (χ1v) is 11.6. The monoisotopic (exact) mass is 452 g/mol. The number of ether oxygens (including phenoxy) is 2. The van der Waals surface area contributed by atoms with E-state index in [4.69, 9.17) is 9.47 Å². The number of rotatable bonds is 6. The SMILES string of the molecule is Cc1ccc(NS(=O)(=O)c2cc(C(=O)NCc3ccc4c(c3)OCO4)ccc2C)cc1C. The van der Waals surface area contributed by atoms with Crippen LogP contribution in [0.2, 0.25) is 0 Å². The Balaban J connectivity index is 1.51.